The molecule has 148 valence electrons. The quantitative estimate of drug-likeness (QED) is 0.470. The number of ether oxygens (including phenoxy) is 1. The van der Waals surface area contributed by atoms with E-state index in [4.69, 9.17) is 4.74 Å². The zero-order valence-corrected chi connectivity index (χ0v) is 17.8. The summed E-state index contributed by atoms with van der Waals surface area (Å²) in [6, 6.07) is 16.6. The van der Waals surface area contributed by atoms with Gasteiger partial charge in [0.2, 0.25) is 0 Å². The van der Waals surface area contributed by atoms with Crippen LogP contribution in [-0.4, -0.2) is 6.61 Å². The van der Waals surface area contributed by atoms with E-state index in [2.05, 4.69) is 44.7 Å². The van der Waals surface area contributed by atoms with Crippen molar-refractivity contribution in [2.45, 2.75) is 66.2 Å². The molecule has 0 heterocycles. The molecule has 0 amide bonds. The average molecular weight is 367 g/mol. The lowest BCUT2D eigenvalue weighted by atomic mass is 10.0. The average Bonchev–Trinajstić information content (AvgIpc) is 3.24. The third-order valence-electron chi connectivity index (χ3n) is 4.83. The van der Waals surface area contributed by atoms with Gasteiger partial charge in [0, 0.05) is 0 Å². The molecule has 0 radical (unpaired) electrons. The molecule has 1 nitrogen and oxygen atoms in total. The van der Waals surface area contributed by atoms with Crippen LogP contribution in [0.3, 0.4) is 0 Å². The monoisotopic (exact) mass is 366 g/mol. The van der Waals surface area contributed by atoms with Gasteiger partial charge in [-0.2, -0.15) is 0 Å². The van der Waals surface area contributed by atoms with Gasteiger partial charge in [0.25, 0.3) is 0 Å². The molecule has 0 N–H and O–H groups in total. The molecule has 0 spiro atoms. The minimum atomic E-state index is 0.851. The van der Waals surface area contributed by atoms with Crippen molar-refractivity contribution in [1.29, 1.82) is 0 Å². The second-order valence-corrected chi connectivity index (χ2v) is 7.07. The summed E-state index contributed by atoms with van der Waals surface area (Å²) in [6.07, 6.45) is 10.1. The lowest BCUT2D eigenvalue weighted by Crippen LogP contribution is -2.01. The summed E-state index contributed by atoms with van der Waals surface area (Å²) in [4.78, 5) is 0. The molecule has 1 saturated carbocycles. The SMILES string of the molecule is C=Cc1ccc(OCCCC2CCCC2)cc1.CC.Cc1ccc(C)cc1. The van der Waals surface area contributed by atoms with Crippen LogP contribution in [0.1, 0.15) is 69.1 Å². The molecule has 0 aliphatic heterocycles. The lowest BCUT2D eigenvalue weighted by molar-refractivity contribution is 0.292. The Bertz CT molecular complexity index is 583. The highest BCUT2D eigenvalue weighted by Crippen LogP contribution is 2.28. The van der Waals surface area contributed by atoms with E-state index in [1.54, 1.807) is 0 Å². The van der Waals surface area contributed by atoms with Crippen molar-refractivity contribution in [1.82, 2.24) is 0 Å². The maximum absolute atomic E-state index is 5.73. The van der Waals surface area contributed by atoms with Crippen LogP contribution in [0.15, 0.2) is 55.1 Å². The molecule has 0 bridgehead atoms. The Labute approximate surface area is 167 Å². The molecule has 1 aliphatic carbocycles. The number of hydrogen-bond acceptors (Lipinski definition) is 1. The van der Waals surface area contributed by atoms with Gasteiger partial charge >= 0.3 is 0 Å². The normalized spacial score (nSPS) is 13.0. The van der Waals surface area contributed by atoms with Gasteiger partial charge < -0.3 is 4.74 Å². The van der Waals surface area contributed by atoms with Gasteiger partial charge in [0.05, 0.1) is 6.61 Å². The van der Waals surface area contributed by atoms with Crippen LogP contribution in [0.25, 0.3) is 6.08 Å². The van der Waals surface area contributed by atoms with Crippen molar-refractivity contribution < 1.29 is 4.74 Å². The molecule has 0 atom stereocenters. The first-order valence-corrected chi connectivity index (χ1v) is 10.6. The first kappa shape index (κ1) is 23.0. The number of rotatable bonds is 6. The molecule has 2 aromatic rings. The van der Waals surface area contributed by atoms with Crippen LogP contribution in [0.4, 0.5) is 0 Å². The molecule has 1 fully saturated rings. The van der Waals surface area contributed by atoms with Crippen molar-refractivity contribution in [3.8, 4) is 5.75 Å². The first-order valence-electron chi connectivity index (χ1n) is 10.6. The maximum Gasteiger partial charge on any atom is 0.119 e. The van der Waals surface area contributed by atoms with Gasteiger partial charge in [-0.15, -0.1) is 0 Å². The van der Waals surface area contributed by atoms with Gasteiger partial charge in [-0.1, -0.05) is 99.7 Å². The minimum Gasteiger partial charge on any atom is -0.494 e. The predicted molar refractivity (Wildman–Crippen MR) is 120 cm³/mol. The summed E-state index contributed by atoms with van der Waals surface area (Å²) in [5.41, 5.74) is 3.80. The molecule has 0 aromatic heterocycles. The van der Waals surface area contributed by atoms with Gasteiger partial charge in [0.1, 0.15) is 5.75 Å². The van der Waals surface area contributed by atoms with Crippen molar-refractivity contribution >= 4 is 6.08 Å². The van der Waals surface area contributed by atoms with Crippen LogP contribution in [-0.2, 0) is 0 Å². The lowest BCUT2D eigenvalue weighted by Gasteiger charge is -2.09. The molecule has 1 aliphatic rings. The van der Waals surface area contributed by atoms with E-state index >= 15 is 0 Å². The molecule has 0 saturated heterocycles. The Morgan fingerprint density at radius 1 is 0.889 bits per heavy atom. The van der Waals surface area contributed by atoms with Gasteiger partial charge in [-0.05, 0) is 50.3 Å². The Hall–Kier alpha value is -2.02. The number of benzene rings is 2. The maximum atomic E-state index is 5.73. The van der Waals surface area contributed by atoms with Crippen LogP contribution in [0, 0.1) is 19.8 Å². The van der Waals surface area contributed by atoms with E-state index in [1.807, 2.05) is 44.2 Å². The van der Waals surface area contributed by atoms with E-state index in [0.29, 0.717) is 0 Å². The van der Waals surface area contributed by atoms with Crippen LogP contribution in [0.5, 0.6) is 5.75 Å². The standard InChI is InChI=1S/C16H22O.C8H10.C2H6/c1-2-14-9-11-16(12-10-14)17-13-5-8-15-6-3-4-7-15;1-7-3-5-8(2)6-4-7;1-2/h2,9-12,15H,1,3-8,13H2;3-6H,1-2H3;1-2H3. The zero-order chi connectivity index (χ0) is 19.9. The van der Waals surface area contributed by atoms with Crippen LogP contribution in [0.2, 0.25) is 0 Å². The van der Waals surface area contributed by atoms with E-state index in [1.165, 1.54) is 49.7 Å². The topological polar surface area (TPSA) is 9.23 Å². The van der Waals surface area contributed by atoms with Crippen LogP contribution >= 0.6 is 0 Å². The second-order valence-electron chi connectivity index (χ2n) is 7.07. The van der Waals surface area contributed by atoms with Crippen molar-refractivity contribution in [3.63, 3.8) is 0 Å². The molecular formula is C26H38O. The molecule has 27 heavy (non-hydrogen) atoms. The molecule has 1 heteroatoms. The zero-order valence-electron chi connectivity index (χ0n) is 17.8. The largest absolute Gasteiger partial charge is 0.494 e. The predicted octanol–water partition coefficient (Wildman–Crippen LogP) is 8.01. The Morgan fingerprint density at radius 3 is 1.89 bits per heavy atom. The summed E-state index contributed by atoms with van der Waals surface area (Å²) < 4.78 is 5.73. The minimum absolute atomic E-state index is 0.851. The Kier molecular flexibility index (Phi) is 12.0. The van der Waals surface area contributed by atoms with E-state index in [9.17, 15) is 0 Å². The third kappa shape index (κ3) is 10.0. The molecular weight excluding hydrogens is 328 g/mol. The fraction of sp³-hybridized carbons (Fsp3) is 0.462. The third-order valence-corrected chi connectivity index (χ3v) is 4.83. The van der Waals surface area contributed by atoms with Crippen molar-refractivity contribution in [3.05, 3.63) is 71.8 Å². The Morgan fingerprint density at radius 2 is 1.41 bits per heavy atom. The Balaban J connectivity index is 0.000000305. The first-order chi connectivity index (χ1) is 13.2. The number of hydrogen-bond donors (Lipinski definition) is 0. The summed E-state index contributed by atoms with van der Waals surface area (Å²) >= 11 is 0. The van der Waals surface area contributed by atoms with Crippen molar-refractivity contribution in [2.24, 2.45) is 5.92 Å². The highest BCUT2D eigenvalue weighted by molar-refractivity contribution is 5.48. The fourth-order valence-corrected chi connectivity index (χ4v) is 3.20. The van der Waals surface area contributed by atoms with Gasteiger partial charge in [-0.25, -0.2) is 0 Å². The van der Waals surface area contributed by atoms with Gasteiger partial charge in [0.15, 0.2) is 0 Å². The summed E-state index contributed by atoms with van der Waals surface area (Å²) in [5, 5.41) is 0. The fourth-order valence-electron chi connectivity index (χ4n) is 3.20. The summed E-state index contributed by atoms with van der Waals surface area (Å²) in [5.74, 6) is 1.95. The second kappa shape index (κ2) is 14.1. The van der Waals surface area contributed by atoms with Gasteiger partial charge in [-0.3, -0.25) is 0 Å². The van der Waals surface area contributed by atoms with E-state index < -0.39 is 0 Å². The highest BCUT2D eigenvalue weighted by Gasteiger charge is 2.13. The van der Waals surface area contributed by atoms with Crippen LogP contribution < -0.4 is 4.74 Å². The molecule has 3 rings (SSSR count). The molecule has 0 unspecified atom stereocenters. The highest BCUT2D eigenvalue weighted by atomic mass is 16.5. The van der Waals surface area contributed by atoms with E-state index in [0.717, 1.165) is 23.8 Å². The van der Waals surface area contributed by atoms with Crippen molar-refractivity contribution in [2.75, 3.05) is 6.61 Å². The summed E-state index contributed by atoms with van der Waals surface area (Å²) in [7, 11) is 0. The van der Waals surface area contributed by atoms with E-state index in [-0.39, 0.29) is 0 Å². The molecule has 2 aromatic carbocycles. The summed E-state index contributed by atoms with van der Waals surface area (Å²) in [6.45, 7) is 12.8. The smallest absolute Gasteiger partial charge is 0.119 e. The number of aryl methyl sites for hydroxylation is 2.